The Labute approximate surface area is 98.2 Å². The quantitative estimate of drug-likeness (QED) is 0.828. The number of imidazole rings is 1. The first kappa shape index (κ1) is 11.4. The Hall–Kier alpha value is -1.07. The van der Waals surface area contributed by atoms with Gasteiger partial charge in [-0.05, 0) is 37.3 Å². The zero-order chi connectivity index (χ0) is 11.7. The van der Waals surface area contributed by atoms with E-state index in [-0.39, 0.29) is 23.1 Å². The maximum Gasteiger partial charge on any atom is 0.354 e. The van der Waals surface area contributed by atoms with E-state index in [0.717, 1.165) is 25.7 Å². The minimum Gasteiger partial charge on any atom is -0.477 e. The molecule has 0 atom stereocenters. The van der Waals surface area contributed by atoms with E-state index < -0.39 is 5.97 Å². The molecule has 1 fully saturated rings. The van der Waals surface area contributed by atoms with Crippen LogP contribution in [0.5, 0.6) is 0 Å². The number of carbonyl (C=O) groups is 1. The van der Waals surface area contributed by atoms with Crippen molar-refractivity contribution >= 4 is 17.6 Å². The number of halogens is 1. The fraction of sp³-hybridized carbons (Fsp3) is 0.600. The van der Waals surface area contributed by atoms with E-state index in [1.54, 1.807) is 4.57 Å². The second kappa shape index (κ2) is 4.43. The molecule has 0 aromatic carbocycles. The normalized spacial score (nSPS) is 25.6. The van der Waals surface area contributed by atoms with Crippen LogP contribution >= 0.6 is 11.6 Å². The maximum atomic E-state index is 11.0. The van der Waals surface area contributed by atoms with Gasteiger partial charge in [-0.2, -0.15) is 0 Å². The lowest BCUT2D eigenvalue weighted by Gasteiger charge is -2.28. The van der Waals surface area contributed by atoms with Gasteiger partial charge in [-0.15, -0.1) is 0 Å². The number of hydrogen-bond acceptors (Lipinski definition) is 3. The second-order valence-corrected chi connectivity index (χ2v) is 4.49. The molecule has 16 heavy (non-hydrogen) atoms. The first-order chi connectivity index (χ1) is 7.59. The molecule has 0 bridgehead atoms. The fourth-order valence-electron chi connectivity index (χ4n) is 2.20. The first-order valence-corrected chi connectivity index (χ1v) is 5.69. The molecule has 0 saturated heterocycles. The van der Waals surface area contributed by atoms with E-state index in [1.165, 1.54) is 6.20 Å². The van der Waals surface area contributed by atoms with Gasteiger partial charge in [0.05, 0.1) is 6.20 Å². The van der Waals surface area contributed by atoms with Gasteiger partial charge in [0.1, 0.15) is 5.69 Å². The van der Waals surface area contributed by atoms with Gasteiger partial charge < -0.3 is 15.4 Å². The average molecular weight is 244 g/mol. The summed E-state index contributed by atoms with van der Waals surface area (Å²) < 4.78 is 1.61. The highest BCUT2D eigenvalue weighted by molar-refractivity contribution is 6.28. The lowest BCUT2D eigenvalue weighted by molar-refractivity contribution is 0.0680. The van der Waals surface area contributed by atoms with Gasteiger partial charge in [0.2, 0.25) is 5.28 Å². The smallest absolute Gasteiger partial charge is 0.354 e. The molecular formula is C10H14ClN3O2. The van der Waals surface area contributed by atoms with E-state index in [2.05, 4.69) is 4.98 Å². The van der Waals surface area contributed by atoms with Crippen molar-refractivity contribution in [2.75, 3.05) is 0 Å². The predicted octanol–water partition coefficient (Wildman–Crippen LogP) is 1.68. The third kappa shape index (κ3) is 2.05. The molecule has 1 saturated carbocycles. The first-order valence-electron chi connectivity index (χ1n) is 5.31. The number of carboxylic acid groups (broad SMARTS) is 1. The molecule has 1 heterocycles. The summed E-state index contributed by atoms with van der Waals surface area (Å²) >= 11 is 5.92. The van der Waals surface area contributed by atoms with E-state index >= 15 is 0 Å². The van der Waals surface area contributed by atoms with E-state index in [9.17, 15) is 4.79 Å². The van der Waals surface area contributed by atoms with Crippen LogP contribution in [0.3, 0.4) is 0 Å². The minimum absolute atomic E-state index is 0.112. The molecule has 1 aliphatic rings. The molecule has 0 spiro atoms. The van der Waals surface area contributed by atoms with Crippen molar-refractivity contribution in [2.24, 2.45) is 5.73 Å². The van der Waals surface area contributed by atoms with Gasteiger partial charge in [-0.1, -0.05) is 0 Å². The molecule has 1 aromatic heterocycles. The largest absolute Gasteiger partial charge is 0.477 e. The summed E-state index contributed by atoms with van der Waals surface area (Å²) in [6, 6.07) is 0.340. The average Bonchev–Trinajstić information content (AvgIpc) is 2.62. The minimum atomic E-state index is -0.991. The van der Waals surface area contributed by atoms with Gasteiger partial charge in [0.25, 0.3) is 0 Å². The molecule has 0 radical (unpaired) electrons. The second-order valence-electron chi connectivity index (χ2n) is 4.16. The van der Waals surface area contributed by atoms with Crippen molar-refractivity contribution in [3.05, 3.63) is 17.2 Å². The molecule has 2 rings (SSSR count). The molecule has 3 N–H and O–H groups in total. The summed E-state index contributed by atoms with van der Waals surface area (Å²) in [5, 5.41) is 9.27. The van der Waals surface area contributed by atoms with Crippen molar-refractivity contribution in [3.8, 4) is 0 Å². The van der Waals surface area contributed by atoms with Crippen LogP contribution in [-0.4, -0.2) is 26.7 Å². The Bertz CT molecular complexity index is 397. The molecule has 1 aliphatic carbocycles. The van der Waals surface area contributed by atoms with Gasteiger partial charge in [-0.3, -0.25) is 0 Å². The molecule has 5 nitrogen and oxygen atoms in total. The zero-order valence-corrected chi connectivity index (χ0v) is 9.52. The Morgan fingerprint density at radius 3 is 2.69 bits per heavy atom. The third-order valence-electron chi connectivity index (χ3n) is 3.08. The van der Waals surface area contributed by atoms with E-state index in [4.69, 9.17) is 22.4 Å². The summed E-state index contributed by atoms with van der Waals surface area (Å²) in [5.74, 6) is -0.991. The van der Waals surface area contributed by atoms with Gasteiger partial charge in [-0.25, -0.2) is 9.78 Å². The summed E-state index contributed by atoms with van der Waals surface area (Å²) in [5.41, 5.74) is 5.97. The highest BCUT2D eigenvalue weighted by Crippen LogP contribution is 2.31. The lowest BCUT2D eigenvalue weighted by atomic mass is 9.91. The topological polar surface area (TPSA) is 81.1 Å². The number of hydrogen-bond donors (Lipinski definition) is 2. The van der Waals surface area contributed by atoms with Crippen LogP contribution in [0.2, 0.25) is 5.28 Å². The Morgan fingerprint density at radius 1 is 1.50 bits per heavy atom. The zero-order valence-electron chi connectivity index (χ0n) is 8.77. The van der Waals surface area contributed by atoms with E-state index in [0.29, 0.717) is 0 Å². The molecule has 6 heteroatoms. The standard InChI is InChI=1S/C10H14ClN3O2/c11-10-13-5-8(9(15)16)14(10)7-3-1-6(12)2-4-7/h5-7H,1-4,12H2,(H,15,16). The van der Waals surface area contributed by atoms with Crippen LogP contribution in [0, 0.1) is 0 Å². The predicted molar refractivity (Wildman–Crippen MR) is 59.7 cm³/mol. The summed E-state index contributed by atoms with van der Waals surface area (Å²) in [7, 11) is 0. The molecule has 88 valence electrons. The monoisotopic (exact) mass is 243 g/mol. The van der Waals surface area contributed by atoms with Crippen LogP contribution in [0.1, 0.15) is 42.2 Å². The van der Waals surface area contributed by atoms with Crippen LogP contribution < -0.4 is 5.73 Å². The molecule has 0 amide bonds. The van der Waals surface area contributed by atoms with Gasteiger partial charge >= 0.3 is 5.97 Å². The highest BCUT2D eigenvalue weighted by atomic mass is 35.5. The van der Waals surface area contributed by atoms with Gasteiger partial charge in [0.15, 0.2) is 0 Å². The summed E-state index contributed by atoms with van der Waals surface area (Å²) in [6.45, 7) is 0. The van der Waals surface area contributed by atoms with Crippen molar-refractivity contribution in [1.82, 2.24) is 9.55 Å². The van der Waals surface area contributed by atoms with E-state index in [1.807, 2.05) is 0 Å². The third-order valence-corrected chi connectivity index (χ3v) is 3.36. The van der Waals surface area contributed by atoms with Crippen LogP contribution in [0.25, 0.3) is 0 Å². The number of carboxylic acids is 1. The summed E-state index contributed by atoms with van der Waals surface area (Å²) in [4.78, 5) is 14.8. The van der Waals surface area contributed by atoms with Crippen LogP contribution in [0.15, 0.2) is 6.20 Å². The van der Waals surface area contributed by atoms with Crippen molar-refractivity contribution < 1.29 is 9.90 Å². The Morgan fingerprint density at radius 2 is 2.12 bits per heavy atom. The lowest BCUT2D eigenvalue weighted by Crippen LogP contribution is -2.28. The van der Waals surface area contributed by atoms with Crippen molar-refractivity contribution in [2.45, 2.75) is 37.8 Å². The maximum absolute atomic E-state index is 11.0. The Balaban J connectivity index is 2.25. The number of aromatic carboxylic acids is 1. The van der Waals surface area contributed by atoms with Crippen molar-refractivity contribution in [1.29, 1.82) is 0 Å². The number of aromatic nitrogens is 2. The fourth-order valence-corrected chi connectivity index (χ4v) is 2.48. The van der Waals surface area contributed by atoms with Crippen molar-refractivity contribution in [3.63, 3.8) is 0 Å². The molecule has 0 unspecified atom stereocenters. The number of nitrogens with zero attached hydrogens (tertiary/aromatic N) is 2. The number of rotatable bonds is 2. The molecule has 1 aromatic rings. The SMILES string of the molecule is NC1CCC(n2c(C(=O)O)cnc2Cl)CC1. The van der Waals surface area contributed by atoms with Crippen LogP contribution in [0.4, 0.5) is 0 Å². The van der Waals surface area contributed by atoms with Gasteiger partial charge in [0, 0.05) is 12.1 Å². The highest BCUT2D eigenvalue weighted by Gasteiger charge is 2.25. The number of nitrogens with two attached hydrogens (primary N) is 1. The van der Waals surface area contributed by atoms with Crippen LogP contribution in [-0.2, 0) is 0 Å². The Kier molecular flexibility index (Phi) is 3.16. The summed E-state index contributed by atoms with van der Waals surface area (Å²) in [6.07, 6.45) is 4.82. The molecular weight excluding hydrogens is 230 g/mol. The molecule has 0 aliphatic heterocycles.